The Kier molecular flexibility index (Phi) is 4.38. The van der Waals surface area contributed by atoms with Crippen molar-refractivity contribution in [3.63, 3.8) is 0 Å². The fourth-order valence-corrected chi connectivity index (χ4v) is 4.27. The zero-order valence-electron chi connectivity index (χ0n) is 13.9. The molecule has 1 atom stereocenters. The van der Waals surface area contributed by atoms with Gasteiger partial charge in [0.1, 0.15) is 5.82 Å². The van der Waals surface area contributed by atoms with Gasteiger partial charge in [-0.25, -0.2) is 4.98 Å². The first-order valence-corrected chi connectivity index (χ1v) is 9.32. The predicted octanol–water partition coefficient (Wildman–Crippen LogP) is 2.00. The summed E-state index contributed by atoms with van der Waals surface area (Å²) in [6, 6.07) is 0. The first-order chi connectivity index (χ1) is 11.3. The smallest absolute Gasteiger partial charge is 0.227 e. The van der Waals surface area contributed by atoms with Crippen LogP contribution in [0.3, 0.4) is 0 Å². The fraction of sp³-hybridized carbons (Fsp3) is 0.778. The molecule has 1 aromatic heterocycles. The first kappa shape index (κ1) is 15.2. The molecule has 0 aromatic carbocycles. The van der Waals surface area contributed by atoms with Gasteiger partial charge in [0.05, 0.1) is 5.92 Å². The summed E-state index contributed by atoms with van der Waals surface area (Å²) in [7, 11) is 0. The van der Waals surface area contributed by atoms with E-state index in [0.717, 1.165) is 57.9 Å². The number of aromatic nitrogens is 2. The van der Waals surface area contributed by atoms with E-state index >= 15 is 0 Å². The molecule has 3 fully saturated rings. The molecule has 5 heteroatoms. The highest BCUT2D eigenvalue weighted by molar-refractivity contribution is 5.79. The number of nitrogens with zero attached hydrogens (tertiary/aromatic N) is 3. The number of rotatable bonds is 4. The number of imidazole rings is 1. The SMILES string of the molecule is O=C([C@H]1CCNC1)N1CCC(c2nccn2CC2CCC2)CC1. The van der Waals surface area contributed by atoms with Gasteiger partial charge in [0.15, 0.2) is 0 Å². The quantitative estimate of drug-likeness (QED) is 0.924. The molecule has 1 aromatic rings. The number of amides is 1. The summed E-state index contributed by atoms with van der Waals surface area (Å²) < 4.78 is 2.38. The maximum Gasteiger partial charge on any atom is 0.227 e. The molecule has 3 heterocycles. The van der Waals surface area contributed by atoms with Gasteiger partial charge >= 0.3 is 0 Å². The van der Waals surface area contributed by atoms with Crippen LogP contribution in [0.15, 0.2) is 12.4 Å². The Morgan fingerprint density at radius 3 is 2.70 bits per heavy atom. The molecule has 2 aliphatic heterocycles. The van der Waals surface area contributed by atoms with Crippen LogP contribution in [0.5, 0.6) is 0 Å². The highest BCUT2D eigenvalue weighted by atomic mass is 16.2. The normalized spacial score (nSPS) is 26.4. The standard InChI is InChI=1S/C18H28N4O/c23-18(16-4-7-19-12-16)21-9-5-15(6-10-21)17-20-8-11-22(17)13-14-2-1-3-14/h8,11,14-16,19H,1-7,9-10,12-13H2/t16-/m0/s1. The second-order valence-corrected chi connectivity index (χ2v) is 7.52. The van der Waals surface area contributed by atoms with Gasteiger partial charge < -0.3 is 14.8 Å². The Balaban J connectivity index is 1.34. The molecule has 4 rings (SSSR count). The zero-order chi connectivity index (χ0) is 15.6. The number of carbonyl (C=O) groups excluding carboxylic acids is 1. The van der Waals surface area contributed by atoms with Crippen LogP contribution in [0.4, 0.5) is 0 Å². The second-order valence-electron chi connectivity index (χ2n) is 7.52. The summed E-state index contributed by atoms with van der Waals surface area (Å²) in [5.41, 5.74) is 0. The van der Waals surface area contributed by atoms with Gasteiger partial charge in [-0.3, -0.25) is 4.79 Å². The van der Waals surface area contributed by atoms with Crippen LogP contribution in [0.1, 0.15) is 50.3 Å². The van der Waals surface area contributed by atoms with E-state index in [1.165, 1.54) is 25.1 Å². The monoisotopic (exact) mass is 316 g/mol. The molecular weight excluding hydrogens is 288 g/mol. The Morgan fingerprint density at radius 1 is 1.22 bits per heavy atom. The number of nitrogens with one attached hydrogen (secondary N) is 1. The summed E-state index contributed by atoms with van der Waals surface area (Å²) in [5.74, 6) is 3.22. The zero-order valence-corrected chi connectivity index (χ0v) is 13.9. The van der Waals surface area contributed by atoms with Crippen LogP contribution >= 0.6 is 0 Å². The summed E-state index contributed by atoms with van der Waals surface area (Å²) in [6.45, 7) is 4.80. The molecule has 1 saturated carbocycles. The number of hydrogen-bond acceptors (Lipinski definition) is 3. The van der Waals surface area contributed by atoms with Crippen LogP contribution in [-0.2, 0) is 11.3 Å². The summed E-state index contributed by atoms with van der Waals surface area (Å²) >= 11 is 0. The van der Waals surface area contributed by atoms with E-state index in [9.17, 15) is 4.79 Å². The minimum absolute atomic E-state index is 0.215. The van der Waals surface area contributed by atoms with Gasteiger partial charge in [-0.2, -0.15) is 0 Å². The van der Waals surface area contributed by atoms with E-state index in [2.05, 4.69) is 26.0 Å². The molecule has 126 valence electrons. The van der Waals surface area contributed by atoms with Crippen molar-refractivity contribution in [2.45, 2.75) is 51.0 Å². The predicted molar refractivity (Wildman–Crippen MR) is 89.1 cm³/mol. The van der Waals surface area contributed by atoms with E-state index in [-0.39, 0.29) is 5.92 Å². The van der Waals surface area contributed by atoms with Gasteiger partial charge in [0.25, 0.3) is 0 Å². The van der Waals surface area contributed by atoms with Crippen molar-refractivity contribution in [2.24, 2.45) is 11.8 Å². The highest BCUT2D eigenvalue weighted by Gasteiger charge is 2.31. The molecule has 3 aliphatic rings. The van der Waals surface area contributed by atoms with Crippen molar-refractivity contribution in [1.82, 2.24) is 19.8 Å². The number of piperidine rings is 1. The molecule has 23 heavy (non-hydrogen) atoms. The van der Waals surface area contributed by atoms with Gasteiger partial charge in [-0.1, -0.05) is 6.42 Å². The second kappa shape index (κ2) is 6.63. The Morgan fingerprint density at radius 2 is 2.04 bits per heavy atom. The summed E-state index contributed by atoms with van der Waals surface area (Å²) in [4.78, 5) is 19.3. The maximum absolute atomic E-state index is 12.5. The molecule has 0 unspecified atom stereocenters. The van der Waals surface area contributed by atoms with Crippen molar-refractivity contribution in [2.75, 3.05) is 26.2 Å². The molecule has 0 radical (unpaired) electrons. The number of likely N-dealkylation sites (tertiary alicyclic amines) is 1. The Labute approximate surface area is 138 Å². The third-order valence-electron chi connectivity index (χ3n) is 6.01. The van der Waals surface area contributed by atoms with E-state index in [4.69, 9.17) is 0 Å². The molecule has 1 amide bonds. The third kappa shape index (κ3) is 3.16. The van der Waals surface area contributed by atoms with Crippen LogP contribution in [0.25, 0.3) is 0 Å². The van der Waals surface area contributed by atoms with Crippen molar-refractivity contribution >= 4 is 5.91 Å². The van der Waals surface area contributed by atoms with E-state index in [1.807, 2.05) is 6.20 Å². The van der Waals surface area contributed by atoms with Crippen LogP contribution in [-0.4, -0.2) is 46.5 Å². The lowest BCUT2D eigenvalue weighted by atomic mass is 9.85. The van der Waals surface area contributed by atoms with E-state index < -0.39 is 0 Å². The number of hydrogen-bond donors (Lipinski definition) is 1. The lowest BCUT2D eigenvalue weighted by molar-refractivity contribution is -0.136. The number of carbonyl (C=O) groups is 1. The highest BCUT2D eigenvalue weighted by Crippen LogP contribution is 2.32. The molecule has 2 saturated heterocycles. The first-order valence-electron chi connectivity index (χ1n) is 9.32. The van der Waals surface area contributed by atoms with E-state index in [0.29, 0.717) is 11.8 Å². The van der Waals surface area contributed by atoms with E-state index in [1.54, 1.807) is 0 Å². The molecular formula is C18H28N4O. The van der Waals surface area contributed by atoms with Gasteiger partial charge in [-0.15, -0.1) is 0 Å². The average molecular weight is 316 g/mol. The third-order valence-corrected chi connectivity index (χ3v) is 6.01. The minimum Gasteiger partial charge on any atom is -0.342 e. The minimum atomic E-state index is 0.215. The summed E-state index contributed by atoms with van der Waals surface area (Å²) in [5, 5.41) is 3.30. The Bertz CT molecular complexity index is 537. The summed E-state index contributed by atoms with van der Waals surface area (Å²) in [6.07, 6.45) is 11.4. The Hall–Kier alpha value is -1.36. The fourth-order valence-electron chi connectivity index (χ4n) is 4.27. The van der Waals surface area contributed by atoms with Crippen molar-refractivity contribution < 1.29 is 4.79 Å². The van der Waals surface area contributed by atoms with Gasteiger partial charge in [0.2, 0.25) is 5.91 Å². The van der Waals surface area contributed by atoms with Crippen LogP contribution in [0, 0.1) is 11.8 Å². The van der Waals surface area contributed by atoms with Gasteiger partial charge in [-0.05, 0) is 44.6 Å². The van der Waals surface area contributed by atoms with Gasteiger partial charge in [0, 0.05) is 44.5 Å². The van der Waals surface area contributed by atoms with Crippen LogP contribution in [0.2, 0.25) is 0 Å². The molecule has 5 nitrogen and oxygen atoms in total. The topological polar surface area (TPSA) is 50.2 Å². The molecule has 1 N–H and O–H groups in total. The lowest BCUT2D eigenvalue weighted by Crippen LogP contribution is -2.42. The van der Waals surface area contributed by atoms with Crippen molar-refractivity contribution in [1.29, 1.82) is 0 Å². The van der Waals surface area contributed by atoms with Crippen molar-refractivity contribution in [3.8, 4) is 0 Å². The maximum atomic E-state index is 12.5. The largest absolute Gasteiger partial charge is 0.342 e. The van der Waals surface area contributed by atoms with Crippen LogP contribution < -0.4 is 5.32 Å². The molecule has 1 aliphatic carbocycles. The molecule has 0 spiro atoms. The van der Waals surface area contributed by atoms with Crippen molar-refractivity contribution in [3.05, 3.63) is 18.2 Å². The average Bonchev–Trinajstić information content (AvgIpc) is 3.22. The lowest BCUT2D eigenvalue weighted by Gasteiger charge is -2.34. The molecule has 0 bridgehead atoms.